The Balaban J connectivity index is 1.82. The van der Waals surface area contributed by atoms with E-state index in [1.807, 2.05) is 30.3 Å². The fraction of sp³-hybridized carbons (Fsp3) is 0.500. The molecule has 2 nitrogen and oxygen atoms in total. The molecule has 94 valence electrons. The zero-order valence-electron chi connectivity index (χ0n) is 10.6. The molecule has 2 fully saturated rings. The minimum absolute atomic E-state index is 0.214. The molecular formula is C16H18O2. The second-order valence-corrected chi connectivity index (χ2v) is 5.43. The Kier molecular flexibility index (Phi) is 2.69. The zero-order chi connectivity index (χ0) is 12.6. The lowest BCUT2D eigenvalue weighted by Crippen LogP contribution is -2.44. The first-order valence-electron chi connectivity index (χ1n) is 6.62. The van der Waals surface area contributed by atoms with Crippen LogP contribution in [0.25, 0.3) is 0 Å². The molecule has 1 aromatic rings. The van der Waals surface area contributed by atoms with Gasteiger partial charge in [-0.25, -0.2) is 0 Å². The Bertz CT molecular complexity index is 495. The highest BCUT2D eigenvalue weighted by molar-refractivity contribution is 5.38. The van der Waals surface area contributed by atoms with E-state index in [0.29, 0.717) is 0 Å². The van der Waals surface area contributed by atoms with E-state index in [1.54, 1.807) is 6.92 Å². The first-order chi connectivity index (χ1) is 8.64. The first-order valence-corrected chi connectivity index (χ1v) is 6.62. The molecule has 1 heterocycles. The second-order valence-electron chi connectivity index (χ2n) is 5.43. The predicted molar refractivity (Wildman–Crippen MR) is 70.0 cm³/mol. The van der Waals surface area contributed by atoms with Crippen LogP contribution in [-0.4, -0.2) is 22.4 Å². The number of aliphatic hydroxyl groups is 1. The van der Waals surface area contributed by atoms with Crippen LogP contribution in [0.2, 0.25) is 0 Å². The van der Waals surface area contributed by atoms with Crippen molar-refractivity contribution in [1.29, 1.82) is 0 Å². The average Bonchev–Trinajstić information content (AvgIpc) is 3.14. The summed E-state index contributed by atoms with van der Waals surface area (Å²) in [5, 5.41) is 10.6. The molecule has 0 aromatic heterocycles. The molecule has 1 aliphatic carbocycles. The van der Waals surface area contributed by atoms with E-state index in [1.165, 1.54) is 6.42 Å². The van der Waals surface area contributed by atoms with Crippen molar-refractivity contribution in [3.63, 3.8) is 0 Å². The molecule has 3 rings (SSSR count). The topological polar surface area (TPSA) is 32.8 Å². The quantitative estimate of drug-likeness (QED) is 0.606. The fourth-order valence-corrected chi connectivity index (χ4v) is 2.94. The maximum absolute atomic E-state index is 10.6. The third-order valence-corrected chi connectivity index (χ3v) is 4.13. The molecule has 1 aromatic carbocycles. The van der Waals surface area contributed by atoms with Crippen molar-refractivity contribution in [3.8, 4) is 11.8 Å². The SMILES string of the molecule is C[C@@](O)(C#Cc1ccccc1)[C@@]12CCCC[C@@H]1O2. The van der Waals surface area contributed by atoms with Crippen molar-refractivity contribution in [2.75, 3.05) is 0 Å². The van der Waals surface area contributed by atoms with Crippen LogP contribution < -0.4 is 0 Å². The number of hydrogen-bond acceptors (Lipinski definition) is 2. The summed E-state index contributed by atoms with van der Waals surface area (Å²) < 4.78 is 5.77. The molecule has 1 N–H and O–H groups in total. The molecule has 1 saturated heterocycles. The Morgan fingerprint density at radius 1 is 1.33 bits per heavy atom. The summed E-state index contributed by atoms with van der Waals surface area (Å²) in [6.45, 7) is 1.79. The van der Waals surface area contributed by atoms with E-state index in [0.717, 1.165) is 24.8 Å². The van der Waals surface area contributed by atoms with Crippen molar-refractivity contribution in [3.05, 3.63) is 35.9 Å². The largest absolute Gasteiger partial charge is 0.375 e. The summed E-state index contributed by atoms with van der Waals surface area (Å²) in [7, 11) is 0. The maximum atomic E-state index is 10.6. The van der Waals surface area contributed by atoms with E-state index in [2.05, 4.69) is 11.8 Å². The van der Waals surface area contributed by atoms with Gasteiger partial charge < -0.3 is 9.84 Å². The van der Waals surface area contributed by atoms with Gasteiger partial charge in [0.25, 0.3) is 0 Å². The van der Waals surface area contributed by atoms with Gasteiger partial charge in [-0.15, -0.1) is 0 Å². The summed E-state index contributed by atoms with van der Waals surface area (Å²) in [5.74, 6) is 6.06. The molecule has 0 unspecified atom stereocenters. The highest BCUT2D eigenvalue weighted by atomic mass is 16.6. The van der Waals surface area contributed by atoms with Gasteiger partial charge in [-0.1, -0.05) is 42.9 Å². The molecule has 0 spiro atoms. The molecular weight excluding hydrogens is 224 g/mol. The average molecular weight is 242 g/mol. The van der Waals surface area contributed by atoms with Gasteiger partial charge in [0.05, 0.1) is 6.10 Å². The van der Waals surface area contributed by atoms with Crippen molar-refractivity contribution in [2.24, 2.45) is 0 Å². The van der Waals surface area contributed by atoms with Gasteiger partial charge in [-0.05, 0) is 31.9 Å². The summed E-state index contributed by atoms with van der Waals surface area (Å²) in [6, 6.07) is 9.77. The van der Waals surface area contributed by atoms with Gasteiger partial charge in [0, 0.05) is 5.56 Å². The lowest BCUT2D eigenvalue weighted by atomic mass is 9.77. The van der Waals surface area contributed by atoms with Crippen LogP contribution in [0.3, 0.4) is 0 Å². The lowest BCUT2D eigenvalue weighted by Gasteiger charge is -2.28. The molecule has 0 bridgehead atoms. The van der Waals surface area contributed by atoms with E-state index in [9.17, 15) is 5.11 Å². The van der Waals surface area contributed by atoms with Crippen LogP contribution in [0.4, 0.5) is 0 Å². The number of epoxide rings is 1. The van der Waals surface area contributed by atoms with Crippen molar-refractivity contribution in [1.82, 2.24) is 0 Å². The van der Waals surface area contributed by atoms with E-state index in [4.69, 9.17) is 4.74 Å². The van der Waals surface area contributed by atoms with Gasteiger partial charge in [0.15, 0.2) is 5.60 Å². The molecule has 2 aliphatic rings. The first kappa shape index (κ1) is 11.8. The van der Waals surface area contributed by atoms with Crippen LogP contribution in [0.15, 0.2) is 30.3 Å². The fourth-order valence-electron chi connectivity index (χ4n) is 2.94. The smallest absolute Gasteiger partial charge is 0.154 e. The van der Waals surface area contributed by atoms with Crippen molar-refractivity contribution < 1.29 is 9.84 Å². The summed E-state index contributed by atoms with van der Waals surface area (Å²) in [6.07, 6.45) is 4.53. The number of ether oxygens (including phenoxy) is 1. The monoisotopic (exact) mass is 242 g/mol. The van der Waals surface area contributed by atoms with Gasteiger partial charge in [0.1, 0.15) is 5.60 Å². The second kappa shape index (κ2) is 4.12. The van der Waals surface area contributed by atoms with Crippen molar-refractivity contribution >= 4 is 0 Å². The van der Waals surface area contributed by atoms with E-state index < -0.39 is 11.2 Å². The highest BCUT2D eigenvalue weighted by Crippen LogP contribution is 2.53. The Morgan fingerprint density at radius 3 is 2.83 bits per heavy atom. The predicted octanol–water partition coefficient (Wildman–Crippen LogP) is 2.50. The maximum Gasteiger partial charge on any atom is 0.154 e. The summed E-state index contributed by atoms with van der Waals surface area (Å²) in [5.41, 5.74) is -0.511. The number of fused-ring (bicyclic) bond motifs is 1. The summed E-state index contributed by atoms with van der Waals surface area (Å²) >= 11 is 0. The van der Waals surface area contributed by atoms with Crippen molar-refractivity contribution in [2.45, 2.75) is 49.9 Å². The molecule has 0 radical (unpaired) electrons. The molecule has 2 heteroatoms. The third kappa shape index (κ3) is 1.84. The molecule has 3 atom stereocenters. The van der Waals surface area contributed by atoms with Gasteiger partial charge in [-0.2, -0.15) is 0 Å². The number of hydrogen-bond donors (Lipinski definition) is 1. The standard InChI is InChI=1S/C16H18O2/c1-15(17,12-10-13-7-3-2-4-8-13)16-11-6-5-9-14(16)18-16/h2-4,7-8,14,17H,5-6,9,11H2,1H3/t14-,15+,16+/m0/s1. The minimum Gasteiger partial charge on any atom is -0.375 e. The van der Waals surface area contributed by atoms with Gasteiger partial charge in [-0.3, -0.25) is 0 Å². The third-order valence-electron chi connectivity index (χ3n) is 4.13. The Labute approximate surface area is 108 Å². The van der Waals surface area contributed by atoms with Crippen LogP contribution >= 0.6 is 0 Å². The van der Waals surface area contributed by atoms with Crippen LogP contribution in [0.5, 0.6) is 0 Å². The van der Waals surface area contributed by atoms with Crippen LogP contribution in [-0.2, 0) is 4.74 Å². The Hall–Kier alpha value is -1.30. The van der Waals surface area contributed by atoms with E-state index in [-0.39, 0.29) is 6.10 Å². The molecule has 1 saturated carbocycles. The van der Waals surface area contributed by atoms with Crippen LogP contribution in [0, 0.1) is 11.8 Å². The number of rotatable bonds is 1. The minimum atomic E-state index is -1.05. The molecule has 0 amide bonds. The molecule has 1 aliphatic heterocycles. The normalized spacial score (nSPS) is 32.7. The lowest BCUT2D eigenvalue weighted by molar-refractivity contribution is 0.0220. The van der Waals surface area contributed by atoms with E-state index >= 15 is 0 Å². The van der Waals surface area contributed by atoms with Gasteiger partial charge in [0.2, 0.25) is 0 Å². The Morgan fingerprint density at radius 2 is 2.11 bits per heavy atom. The summed E-state index contributed by atoms with van der Waals surface area (Å²) in [4.78, 5) is 0. The molecule has 18 heavy (non-hydrogen) atoms. The van der Waals surface area contributed by atoms with Crippen LogP contribution in [0.1, 0.15) is 38.2 Å². The highest BCUT2D eigenvalue weighted by Gasteiger charge is 2.66. The zero-order valence-corrected chi connectivity index (χ0v) is 10.6. The number of benzene rings is 1. The van der Waals surface area contributed by atoms with Gasteiger partial charge >= 0.3 is 0 Å².